The van der Waals surface area contributed by atoms with Crippen LogP contribution in [0.2, 0.25) is 0 Å². The number of hydrogen-bond donors (Lipinski definition) is 1. The minimum absolute atomic E-state index is 0.438. The lowest BCUT2D eigenvalue weighted by Gasteiger charge is -2.18. The van der Waals surface area contributed by atoms with Gasteiger partial charge in [-0.1, -0.05) is 18.8 Å². The van der Waals surface area contributed by atoms with Crippen LogP contribution in [0.1, 0.15) is 30.2 Å². The van der Waals surface area contributed by atoms with Crippen LogP contribution in [0.4, 0.5) is 0 Å². The van der Waals surface area contributed by atoms with Crippen molar-refractivity contribution in [1.29, 1.82) is 0 Å². The molecule has 0 spiro atoms. The van der Waals surface area contributed by atoms with E-state index < -0.39 is 0 Å². The number of hydrogen-bond acceptors (Lipinski definition) is 3. The first-order chi connectivity index (χ1) is 8.31. The largest absolute Gasteiger partial charge is 0.320 e. The lowest BCUT2D eigenvalue weighted by atomic mass is 10.3. The Bertz CT molecular complexity index is 409. The van der Waals surface area contributed by atoms with Crippen LogP contribution in [-0.2, 0) is 6.54 Å². The Morgan fingerprint density at radius 2 is 2.35 bits per heavy atom. The van der Waals surface area contributed by atoms with Crippen molar-refractivity contribution in [1.82, 2.24) is 4.90 Å². The van der Waals surface area contributed by atoms with Gasteiger partial charge in [-0.15, -0.1) is 11.3 Å². The van der Waals surface area contributed by atoms with E-state index in [1.54, 1.807) is 11.3 Å². The van der Waals surface area contributed by atoms with Crippen LogP contribution in [0.3, 0.4) is 0 Å². The van der Waals surface area contributed by atoms with E-state index in [0.29, 0.717) is 6.54 Å². The van der Waals surface area contributed by atoms with E-state index in [1.807, 2.05) is 0 Å². The molecule has 1 aromatic heterocycles. The smallest absolute Gasteiger partial charge is 0.0555 e. The minimum atomic E-state index is 0.438. The van der Waals surface area contributed by atoms with E-state index >= 15 is 0 Å². The molecule has 1 aliphatic rings. The van der Waals surface area contributed by atoms with Gasteiger partial charge in [0.15, 0.2) is 0 Å². The highest BCUT2D eigenvalue weighted by Crippen LogP contribution is 2.30. The Kier molecular flexibility index (Phi) is 4.61. The van der Waals surface area contributed by atoms with Gasteiger partial charge >= 0.3 is 0 Å². The molecule has 0 unspecified atom stereocenters. The van der Waals surface area contributed by atoms with Crippen LogP contribution < -0.4 is 5.73 Å². The van der Waals surface area contributed by atoms with Crippen LogP contribution in [0.15, 0.2) is 11.4 Å². The van der Waals surface area contributed by atoms with Gasteiger partial charge in [0.2, 0.25) is 0 Å². The average molecular weight is 248 g/mol. The van der Waals surface area contributed by atoms with Crippen molar-refractivity contribution in [3.63, 3.8) is 0 Å². The van der Waals surface area contributed by atoms with Gasteiger partial charge in [0.25, 0.3) is 0 Å². The van der Waals surface area contributed by atoms with E-state index in [-0.39, 0.29) is 0 Å². The fourth-order valence-electron chi connectivity index (χ4n) is 1.87. The molecule has 0 aliphatic heterocycles. The summed E-state index contributed by atoms with van der Waals surface area (Å²) in [5.74, 6) is 6.95. The Hall–Kier alpha value is -0.820. The maximum Gasteiger partial charge on any atom is 0.0555 e. The first-order valence-electron chi connectivity index (χ1n) is 6.30. The maximum atomic E-state index is 5.37. The third kappa shape index (κ3) is 4.16. The van der Waals surface area contributed by atoms with Gasteiger partial charge in [0, 0.05) is 28.9 Å². The SMILES string of the molecule is CCN(Cc1cc(C#CCN)cs1)CC1CC1. The van der Waals surface area contributed by atoms with Crippen molar-refractivity contribution in [3.05, 3.63) is 21.9 Å². The Morgan fingerprint density at radius 1 is 1.53 bits per heavy atom. The van der Waals surface area contributed by atoms with E-state index in [4.69, 9.17) is 5.73 Å². The molecule has 1 aromatic rings. The highest BCUT2D eigenvalue weighted by molar-refractivity contribution is 7.10. The van der Waals surface area contributed by atoms with Crippen LogP contribution >= 0.6 is 11.3 Å². The second-order valence-electron chi connectivity index (χ2n) is 4.58. The number of rotatable bonds is 5. The maximum absolute atomic E-state index is 5.37. The van der Waals surface area contributed by atoms with Crippen molar-refractivity contribution in [2.24, 2.45) is 11.7 Å². The van der Waals surface area contributed by atoms with Crippen LogP contribution in [0.25, 0.3) is 0 Å². The van der Waals surface area contributed by atoms with Crippen LogP contribution in [0.5, 0.6) is 0 Å². The molecule has 1 fully saturated rings. The third-order valence-electron chi connectivity index (χ3n) is 3.03. The summed E-state index contributed by atoms with van der Waals surface area (Å²) >= 11 is 1.81. The predicted octanol–water partition coefficient (Wildman–Crippen LogP) is 2.29. The van der Waals surface area contributed by atoms with E-state index in [1.165, 1.54) is 24.3 Å². The standard InChI is InChI=1S/C14H20N2S/c1-2-16(9-12-5-6-12)10-14-8-13(11-17-14)4-3-7-15/h8,11-12H,2,5-7,9-10,15H2,1H3. The number of nitrogens with two attached hydrogens (primary N) is 1. The molecule has 0 atom stereocenters. The van der Waals surface area contributed by atoms with E-state index in [9.17, 15) is 0 Å². The van der Waals surface area contributed by atoms with Gasteiger partial charge in [-0.2, -0.15) is 0 Å². The molecule has 17 heavy (non-hydrogen) atoms. The van der Waals surface area contributed by atoms with Crippen molar-refractivity contribution in [2.45, 2.75) is 26.3 Å². The van der Waals surface area contributed by atoms with Crippen LogP contribution in [0, 0.1) is 17.8 Å². The summed E-state index contributed by atoms with van der Waals surface area (Å²) in [7, 11) is 0. The average Bonchev–Trinajstić information content (AvgIpc) is 3.04. The lowest BCUT2D eigenvalue weighted by molar-refractivity contribution is 0.271. The zero-order valence-corrected chi connectivity index (χ0v) is 11.2. The predicted molar refractivity (Wildman–Crippen MR) is 73.9 cm³/mol. The van der Waals surface area contributed by atoms with Gasteiger partial charge < -0.3 is 5.73 Å². The monoisotopic (exact) mass is 248 g/mol. The van der Waals surface area contributed by atoms with Gasteiger partial charge in [0.05, 0.1) is 6.54 Å². The third-order valence-corrected chi connectivity index (χ3v) is 3.95. The van der Waals surface area contributed by atoms with Crippen molar-refractivity contribution in [3.8, 4) is 11.8 Å². The first kappa shape index (κ1) is 12.6. The summed E-state index contributed by atoms with van der Waals surface area (Å²) in [6.45, 7) is 6.15. The molecule has 3 heteroatoms. The molecule has 1 aliphatic carbocycles. The molecular weight excluding hydrogens is 228 g/mol. The first-order valence-corrected chi connectivity index (χ1v) is 7.18. The van der Waals surface area contributed by atoms with E-state index in [2.05, 4.69) is 35.1 Å². The van der Waals surface area contributed by atoms with Crippen molar-refractivity contribution in [2.75, 3.05) is 19.6 Å². The molecule has 2 rings (SSSR count). The summed E-state index contributed by atoms with van der Waals surface area (Å²) in [5.41, 5.74) is 6.48. The molecule has 0 radical (unpaired) electrons. The lowest BCUT2D eigenvalue weighted by Crippen LogP contribution is -2.24. The summed E-state index contributed by atoms with van der Waals surface area (Å²) in [6.07, 6.45) is 2.85. The summed E-state index contributed by atoms with van der Waals surface area (Å²) in [5, 5.41) is 2.13. The fraction of sp³-hybridized carbons (Fsp3) is 0.571. The molecule has 0 saturated heterocycles. The quantitative estimate of drug-likeness (QED) is 0.810. The molecular formula is C14H20N2S. The van der Waals surface area contributed by atoms with Crippen molar-refractivity contribution >= 4 is 11.3 Å². The fourth-order valence-corrected chi connectivity index (χ4v) is 2.73. The van der Waals surface area contributed by atoms with Gasteiger partial charge in [-0.25, -0.2) is 0 Å². The Morgan fingerprint density at radius 3 is 3.00 bits per heavy atom. The molecule has 0 aromatic carbocycles. The topological polar surface area (TPSA) is 29.3 Å². The molecule has 0 bridgehead atoms. The van der Waals surface area contributed by atoms with Crippen LogP contribution in [-0.4, -0.2) is 24.5 Å². The second-order valence-corrected chi connectivity index (χ2v) is 5.57. The number of nitrogens with zero attached hydrogens (tertiary/aromatic N) is 1. The van der Waals surface area contributed by atoms with Gasteiger partial charge in [-0.05, 0) is 31.4 Å². The van der Waals surface area contributed by atoms with Crippen molar-refractivity contribution < 1.29 is 0 Å². The zero-order chi connectivity index (χ0) is 12.1. The molecule has 2 N–H and O–H groups in total. The summed E-state index contributed by atoms with van der Waals surface area (Å²) in [6, 6.07) is 2.20. The molecule has 0 amide bonds. The summed E-state index contributed by atoms with van der Waals surface area (Å²) < 4.78 is 0. The normalized spacial score (nSPS) is 14.8. The second kappa shape index (κ2) is 6.20. The zero-order valence-electron chi connectivity index (χ0n) is 10.4. The molecule has 92 valence electrons. The Labute approximate surface area is 108 Å². The van der Waals surface area contributed by atoms with Gasteiger partial charge in [0.1, 0.15) is 0 Å². The number of thiophene rings is 1. The highest BCUT2D eigenvalue weighted by atomic mass is 32.1. The molecule has 1 heterocycles. The molecule has 2 nitrogen and oxygen atoms in total. The summed E-state index contributed by atoms with van der Waals surface area (Å²) in [4.78, 5) is 3.94. The van der Waals surface area contributed by atoms with E-state index in [0.717, 1.165) is 24.6 Å². The minimum Gasteiger partial charge on any atom is -0.320 e. The highest BCUT2D eigenvalue weighted by Gasteiger charge is 2.23. The molecule has 1 saturated carbocycles. The Balaban J connectivity index is 1.89. The van der Waals surface area contributed by atoms with Gasteiger partial charge in [-0.3, -0.25) is 4.90 Å².